The van der Waals surface area contributed by atoms with Crippen LogP contribution in [-0.4, -0.2) is 22.0 Å². The molecule has 0 fully saturated rings. The van der Waals surface area contributed by atoms with E-state index in [1.54, 1.807) is 12.1 Å². The number of nitrogens with one attached hydrogen (secondary N) is 1. The van der Waals surface area contributed by atoms with Crippen LogP contribution in [0.25, 0.3) is 0 Å². The van der Waals surface area contributed by atoms with Crippen molar-refractivity contribution >= 4 is 17.7 Å². The first-order chi connectivity index (χ1) is 9.06. The summed E-state index contributed by atoms with van der Waals surface area (Å²) in [6, 6.07) is 9.97. The van der Waals surface area contributed by atoms with Crippen molar-refractivity contribution in [2.45, 2.75) is 6.92 Å². The van der Waals surface area contributed by atoms with Crippen molar-refractivity contribution in [1.29, 1.82) is 0 Å². The molecule has 1 aromatic heterocycles. The Bertz CT molecular complexity index is 604. The second kappa shape index (κ2) is 5.30. The van der Waals surface area contributed by atoms with E-state index < -0.39 is 5.97 Å². The molecule has 1 aromatic carbocycles. The van der Waals surface area contributed by atoms with Crippen LogP contribution in [0.3, 0.4) is 0 Å². The van der Waals surface area contributed by atoms with E-state index in [1.165, 1.54) is 18.3 Å². The van der Waals surface area contributed by atoms with Gasteiger partial charge >= 0.3 is 5.97 Å². The zero-order valence-corrected chi connectivity index (χ0v) is 10.3. The van der Waals surface area contributed by atoms with Crippen LogP contribution in [0.5, 0.6) is 0 Å². The predicted molar refractivity (Wildman–Crippen MR) is 70.3 cm³/mol. The number of aromatic carboxylic acids is 1. The number of carboxylic acid groups (broad SMARTS) is 1. The maximum absolute atomic E-state index is 11.9. The molecule has 1 heterocycles. The molecule has 0 saturated carbocycles. The monoisotopic (exact) mass is 256 g/mol. The molecule has 0 saturated heterocycles. The molecule has 0 atom stereocenters. The zero-order valence-electron chi connectivity index (χ0n) is 10.3. The van der Waals surface area contributed by atoms with Gasteiger partial charge in [0.1, 0.15) is 5.82 Å². The third kappa shape index (κ3) is 3.16. The first kappa shape index (κ1) is 12.8. The van der Waals surface area contributed by atoms with Gasteiger partial charge in [0.05, 0.1) is 5.56 Å². The lowest BCUT2D eigenvalue weighted by molar-refractivity contribution is 0.0696. The minimum Gasteiger partial charge on any atom is -0.478 e. The number of carbonyl (C=O) groups excluding carboxylic acids is 1. The molecular formula is C14H12N2O3. The fraction of sp³-hybridized carbons (Fsp3) is 0.0714. The molecule has 0 aliphatic heterocycles. The van der Waals surface area contributed by atoms with Crippen molar-refractivity contribution in [2.24, 2.45) is 0 Å². The number of hydrogen-bond acceptors (Lipinski definition) is 3. The summed E-state index contributed by atoms with van der Waals surface area (Å²) in [5.74, 6) is -1.02. The molecule has 96 valence electrons. The van der Waals surface area contributed by atoms with Crippen LogP contribution in [0, 0.1) is 6.92 Å². The highest BCUT2D eigenvalue weighted by Gasteiger charge is 2.07. The van der Waals surface area contributed by atoms with Gasteiger partial charge in [-0.1, -0.05) is 17.7 Å². The normalized spacial score (nSPS) is 9.95. The molecule has 2 rings (SSSR count). The van der Waals surface area contributed by atoms with Gasteiger partial charge < -0.3 is 10.4 Å². The Labute approximate surface area is 109 Å². The quantitative estimate of drug-likeness (QED) is 0.883. The summed E-state index contributed by atoms with van der Waals surface area (Å²) >= 11 is 0. The first-order valence-electron chi connectivity index (χ1n) is 5.63. The first-order valence-corrected chi connectivity index (χ1v) is 5.63. The topological polar surface area (TPSA) is 79.3 Å². The molecule has 0 bridgehead atoms. The lowest BCUT2D eigenvalue weighted by Crippen LogP contribution is -2.13. The average Bonchev–Trinajstić information content (AvgIpc) is 2.40. The fourth-order valence-corrected chi connectivity index (χ4v) is 1.49. The number of anilines is 1. The van der Waals surface area contributed by atoms with Crippen LogP contribution >= 0.6 is 0 Å². The summed E-state index contributed by atoms with van der Waals surface area (Å²) in [5.41, 5.74) is 1.67. The Morgan fingerprint density at radius 3 is 2.21 bits per heavy atom. The smallest absolute Gasteiger partial charge is 0.337 e. The molecule has 0 aliphatic carbocycles. The fourth-order valence-electron chi connectivity index (χ4n) is 1.49. The number of benzene rings is 1. The standard InChI is InChI=1S/C14H12N2O3/c1-9-2-4-10(5-3-9)13(17)16-12-7-6-11(8-15-12)14(18)19/h2-8H,1H3,(H,18,19)(H,15,16,17). The molecule has 19 heavy (non-hydrogen) atoms. The van der Waals surface area contributed by atoms with Gasteiger partial charge in [0.15, 0.2) is 0 Å². The molecule has 0 aliphatic rings. The Balaban J connectivity index is 2.10. The predicted octanol–water partition coefficient (Wildman–Crippen LogP) is 2.34. The summed E-state index contributed by atoms with van der Waals surface area (Å²) in [7, 11) is 0. The van der Waals surface area contributed by atoms with E-state index in [9.17, 15) is 9.59 Å². The molecule has 2 aromatic rings. The van der Waals surface area contributed by atoms with Gasteiger partial charge in [-0.15, -0.1) is 0 Å². The van der Waals surface area contributed by atoms with Crippen LogP contribution in [0.2, 0.25) is 0 Å². The van der Waals surface area contributed by atoms with E-state index in [4.69, 9.17) is 5.11 Å². The number of pyridine rings is 1. The summed E-state index contributed by atoms with van der Waals surface area (Å²) in [6.45, 7) is 1.94. The Kier molecular flexibility index (Phi) is 3.56. The summed E-state index contributed by atoms with van der Waals surface area (Å²) in [6.07, 6.45) is 1.20. The van der Waals surface area contributed by atoms with Crippen LogP contribution in [0.1, 0.15) is 26.3 Å². The second-order valence-corrected chi connectivity index (χ2v) is 4.06. The van der Waals surface area contributed by atoms with E-state index in [-0.39, 0.29) is 11.5 Å². The van der Waals surface area contributed by atoms with Gasteiger partial charge in [-0.3, -0.25) is 4.79 Å². The molecule has 5 nitrogen and oxygen atoms in total. The van der Waals surface area contributed by atoms with Gasteiger partial charge in [-0.25, -0.2) is 9.78 Å². The number of carbonyl (C=O) groups is 2. The molecule has 1 amide bonds. The average molecular weight is 256 g/mol. The van der Waals surface area contributed by atoms with Crippen molar-refractivity contribution in [1.82, 2.24) is 4.98 Å². The lowest BCUT2D eigenvalue weighted by atomic mass is 10.1. The third-order valence-electron chi connectivity index (χ3n) is 2.57. The number of carboxylic acids is 1. The summed E-state index contributed by atoms with van der Waals surface area (Å²) < 4.78 is 0. The van der Waals surface area contributed by atoms with Gasteiger partial charge in [0.2, 0.25) is 0 Å². The Morgan fingerprint density at radius 2 is 1.68 bits per heavy atom. The summed E-state index contributed by atoms with van der Waals surface area (Å²) in [4.78, 5) is 26.4. The van der Waals surface area contributed by atoms with E-state index in [0.717, 1.165) is 5.56 Å². The highest BCUT2D eigenvalue weighted by atomic mass is 16.4. The van der Waals surface area contributed by atoms with Crippen LogP contribution in [0.15, 0.2) is 42.6 Å². The lowest BCUT2D eigenvalue weighted by Gasteiger charge is -2.04. The minimum atomic E-state index is -1.05. The molecule has 5 heteroatoms. The van der Waals surface area contributed by atoms with Crippen molar-refractivity contribution in [3.05, 3.63) is 59.3 Å². The Morgan fingerprint density at radius 1 is 1.05 bits per heavy atom. The highest BCUT2D eigenvalue weighted by Crippen LogP contribution is 2.09. The van der Waals surface area contributed by atoms with Crippen molar-refractivity contribution in [3.8, 4) is 0 Å². The van der Waals surface area contributed by atoms with Crippen molar-refractivity contribution < 1.29 is 14.7 Å². The van der Waals surface area contributed by atoms with Gasteiger partial charge in [-0.2, -0.15) is 0 Å². The molecule has 0 spiro atoms. The number of nitrogens with zero attached hydrogens (tertiary/aromatic N) is 1. The second-order valence-electron chi connectivity index (χ2n) is 4.06. The maximum Gasteiger partial charge on any atom is 0.337 e. The van der Waals surface area contributed by atoms with Crippen molar-refractivity contribution in [2.75, 3.05) is 5.32 Å². The molecule has 2 N–H and O–H groups in total. The van der Waals surface area contributed by atoms with Gasteiger partial charge in [0.25, 0.3) is 5.91 Å². The van der Waals surface area contributed by atoms with Gasteiger partial charge in [0, 0.05) is 11.8 Å². The van der Waals surface area contributed by atoms with E-state index in [1.807, 2.05) is 19.1 Å². The van der Waals surface area contributed by atoms with E-state index in [0.29, 0.717) is 11.4 Å². The minimum absolute atomic E-state index is 0.0772. The molecule has 0 unspecified atom stereocenters. The zero-order chi connectivity index (χ0) is 13.8. The van der Waals surface area contributed by atoms with Crippen LogP contribution in [-0.2, 0) is 0 Å². The van der Waals surface area contributed by atoms with Crippen molar-refractivity contribution in [3.63, 3.8) is 0 Å². The molecular weight excluding hydrogens is 244 g/mol. The van der Waals surface area contributed by atoms with E-state index >= 15 is 0 Å². The molecule has 0 radical (unpaired) electrons. The third-order valence-corrected chi connectivity index (χ3v) is 2.57. The summed E-state index contributed by atoms with van der Waals surface area (Å²) in [5, 5.41) is 11.3. The van der Waals surface area contributed by atoms with Gasteiger partial charge in [-0.05, 0) is 31.2 Å². The van der Waals surface area contributed by atoms with E-state index in [2.05, 4.69) is 10.3 Å². The maximum atomic E-state index is 11.9. The van der Waals surface area contributed by atoms with Crippen LogP contribution in [0.4, 0.5) is 5.82 Å². The number of rotatable bonds is 3. The largest absolute Gasteiger partial charge is 0.478 e. The SMILES string of the molecule is Cc1ccc(C(=O)Nc2ccc(C(=O)O)cn2)cc1. The Hall–Kier alpha value is -2.69. The number of hydrogen-bond donors (Lipinski definition) is 2. The number of aryl methyl sites for hydroxylation is 1. The number of amides is 1. The highest BCUT2D eigenvalue weighted by molar-refractivity contribution is 6.03. The number of aromatic nitrogens is 1. The van der Waals surface area contributed by atoms with Crippen LogP contribution < -0.4 is 5.32 Å².